The van der Waals surface area contributed by atoms with E-state index in [1.54, 1.807) is 0 Å². The number of hydrogen-bond donors (Lipinski definition) is 1. The highest BCUT2D eigenvalue weighted by Gasteiger charge is 2.38. The Labute approximate surface area is 85.0 Å². The minimum Gasteiger partial charge on any atom is -0.355 e. The molecule has 0 saturated heterocycles. The molecule has 13 heavy (non-hydrogen) atoms. The fourth-order valence-electron chi connectivity index (χ4n) is 0.984. The number of amides is 1. The maximum absolute atomic E-state index is 11.6. The van der Waals surface area contributed by atoms with Crippen molar-refractivity contribution in [2.45, 2.75) is 33.6 Å². The van der Waals surface area contributed by atoms with Crippen molar-refractivity contribution in [1.82, 2.24) is 5.32 Å². The number of alkyl halides is 1. The second-order valence-electron chi connectivity index (χ2n) is 5.01. The molecule has 0 unspecified atom stereocenters. The lowest BCUT2D eigenvalue weighted by Gasteiger charge is -2.21. The van der Waals surface area contributed by atoms with Gasteiger partial charge in [0.1, 0.15) is 0 Å². The van der Waals surface area contributed by atoms with Crippen LogP contribution in [0.25, 0.3) is 0 Å². The second-order valence-corrected chi connectivity index (χ2v) is 5.28. The Balaban J connectivity index is 2.32. The van der Waals surface area contributed by atoms with Crippen LogP contribution in [-0.2, 0) is 4.79 Å². The van der Waals surface area contributed by atoms with Crippen molar-refractivity contribution in [3.63, 3.8) is 0 Å². The Kier molecular flexibility index (Phi) is 2.91. The summed E-state index contributed by atoms with van der Waals surface area (Å²) in [6.45, 7) is 6.72. The Morgan fingerprint density at radius 3 is 2.46 bits per heavy atom. The van der Waals surface area contributed by atoms with Crippen LogP contribution in [0.1, 0.15) is 33.6 Å². The molecule has 0 atom stereocenters. The van der Waals surface area contributed by atoms with Crippen LogP contribution >= 0.6 is 11.6 Å². The van der Waals surface area contributed by atoms with Crippen molar-refractivity contribution < 1.29 is 4.79 Å². The van der Waals surface area contributed by atoms with Gasteiger partial charge in [-0.05, 0) is 32.1 Å². The summed E-state index contributed by atoms with van der Waals surface area (Å²) in [5, 5.41) is 2.95. The van der Waals surface area contributed by atoms with Gasteiger partial charge in [-0.3, -0.25) is 4.79 Å². The van der Waals surface area contributed by atoms with Crippen molar-refractivity contribution in [3.05, 3.63) is 0 Å². The standard InChI is InChI=1S/C10H18ClNO/c1-9(2,6-11)8(13)12-7-10(3)4-5-10/h4-7H2,1-3H3,(H,12,13). The maximum atomic E-state index is 11.6. The number of hydrogen-bond acceptors (Lipinski definition) is 1. The molecule has 3 heteroatoms. The van der Waals surface area contributed by atoms with Gasteiger partial charge in [0, 0.05) is 12.4 Å². The molecule has 0 aromatic heterocycles. The molecule has 1 N–H and O–H groups in total. The first-order valence-electron chi connectivity index (χ1n) is 4.74. The van der Waals surface area contributed by atoms with E-state index >= 15 is 0 Å². The first-order chi connectivity index (χ1) is 5.90. The molecule has 0 aromatic rings. The van der Waals surface area contributed by atoms with Gasteiger partial charge >= 0.3 is 0 Å². The molecular formula is C10H18ClNO. The zero-order chi connectivity index (χ0) is 10.1. The van der Waals surface area contributed by atoms with Gasteiger partial charge in [0.25, 0.3) is 0 Å². The highest BCUT2D eigenvalue weighted by Crippen LogP contribution is 2.44. The van der Waals surface area contributed by atoms with E-state index in [1.807, 2.05) is 13.8 Å². The summed E-state index contributed by atoms with van der Waals surface area (Å²) >= 11 is 5.69. The molecule has 0 aromatic carbocycles. The Morgan fingerprint density at radius 2 is 2.08 bits per heavy atom. The molecule has 1 saturated carbocycles. The summed E-state index contributed by atoms with van der Waals surface area (Å²) in [5.41, 5.74) is -0.0646. The average Bonchev–Trinajstić information content (AvgIpc) is 2.80. The van der Waals surface area contributed by atoms with Gasteiger partial charge in [-0.1, -0.05) is 6.92 Å². The van der Waals surface area contributed by atoms with Crippen LogP contribution in [0.2, 0.25) is 0 Å². The highest BCUT2D eigenvalue weighted by atomic mass is 35.5. The van der Waals surface area contributed by atoms with E-state index in [-0.39, 0.29) is 5.91 Å². The summed E-state index contributed by atoms with van der Waals surface area (Å²) in [4.78, 5) is 11.6. The lowest BCUT2D eigenvalue weighted by molar-refractivity contribution is -0.128. The van der Waals surface area contributed by atoms with Crippen LogP contribution < -0.4 is 5.32 Å². The fraction of sp³-hybridized carbons (Fsp3) is 0.900. The molecule has 1 aliphatic rings. The average molecular weight is 204 g/mol. The summed E-state index contributed by atoms with van der Waals surface area (Å²) in [5.74, 6) is 0.436. The minimum atomic E-state index is -0.438. The summed E-state index contributed by atoms with van der Waals surface area (Å²) < 4.78 is 0. The number of halogens is 1. The van der Waals surface area contributed by atoms with E-state index < -0.39 is 5.41 Å². The molecule has 0 aliphatic heterocycles. The van der Waals surface area contributed by atoms with Crippen LogP contribution in [0.5, 0.6) is 0 Å². The monoisotopic (exact) mass is 203 g/mol. The fourth-order valence-corrected chi connectivity index (χ4v) is 1.11. The molecule has 1 amide bonds. The second kappa shape index (κ2) is 3.49. The lowest BCUT2D eigenvalue weighted by atomic mass is 9.95. The zero-order valence-corrected chi connectivity index (χ0v) is 9.37. The summed E-state index contributed by atoms with van der Waals surface area (Å²) in [6.07, 6.45) is 2.46. The van der Waals surface area contributed by atoms with Gasteiger partial charge in [0.05, 0.1) is 5.41 Å². The van der Waals surface area contributed by atoms with Crippen molar-refractivity contribution >= 4 is 17.5 Å². The molecule has 0 spiro atoms. The van der Waals surface area contributed by atoms with Gasteiger partial charge in [-0.2, -0.15) is 0 Å². The maximum Gasteiger partial charge on any atom is 0.226 e. The van der Waals surface area contributed by atoms with E-state index in [4.69, 9.17) is 11.6 Å². The lowest BCUT2D eigenvalue weighted by Crippen LogP contribution is -2.40. The normalized spacial score (nSPS) is 19.7. The summed E-state index contributed by atoms with van der Waals surface area (Å²) in [7, 11) is 0. The number of nitrogens with one attached hydrogen (secondary N) is 1. The largest absolute Gasteiger partial charge is 0.355 e. The SMILES string of the molecule is CC1(CNC(=O)C(C)(C)CCl)CC1. The van der Waals surface area contributed by atoms with E-state index in [1.165, 1.54) is 12.8 Å². The first kappa shape index (κ1) is 10.8. The number of carbonyl (C=O) groups is 1. The molecule has 1 fully saturated rings. The van der Waals surface area contributed by atoms with Gasteiger partial charge in [0.15, 0.2) is 0 Å². The summed E-state index contributed by atoms with van der Waals surface area (Å²) in [6, 6.07) is 0. The molecule has 0 heterocycles. The van der Waals surface area contributed by atoms with Gasteiger partial charge < -0.3 is 5.32 Å². The third kappa shape index (κ3) is 2.87. The van der Waals surface area contributed by atoms with Crippen molar-refractivity contribution in [2.75, 3.05) is 12.4 Å². The zero-order valence-electron chi connectivity index (χ0n) is 8.61. The number of rotatable bonds is 4. The van der Waals surface area contributed by atoms with Crippen molar-refractivity contribution in [1.29, 1.82) is 0 Å². The van der Waals surface area contributed by atoms with Gasteiger partial charge in [-0.25, -0.2) is 0 Å². The minimum absolute atomic E-state index is 0.0654. The van der Waals surface area contributed by atoms with Crippen LogP contribution in [0, 0.1) is 10.8 Å². The molecule has 2 nitrogen and oxygen atoms in total. The predicted molar refractivity (Wildman–Crippen MR) is 54.9 cm³/mol. The third-order valence-corrected chi connectivity index (χ3v) is 3.40. The van der Waals surface area contributed by atoms with Crippen molar-refractivity contribution in [3.8, 4) is 0 Å². The van der Waals surface area contributed by atoms with E-state index in [0.29, 0.717) is 11.3 Å². The van der Waals surface area contributed by atoms with E-state index in [0.717, 1.165) is 6.54 Å². The number of carbonyl (C=O) groups excluding carboxylic acids is 1. The Bertz CT molecular complexity index is 209. The van der Waals surface area contributed by atoms with Crippen LogP contribution in [0.15, 0.2) is 0 Å². The molecular weight excluding hydrogens is 186 g/mol. The van der Waals surface area contributed by atoms with E-state index in [9.17, 15) is 4.79 Å². The molecule has 1 aliphatic carbocycles. The Hall–Kier alpha value is -0.240. The first-order valence-corrected chi connectivity index (χ1v) is 5.27. The molecule has 0 radical (unpaired) electrons. The van der Waals surface area contributed by atoms with Crippen molar-refractivity contribution in [2.24, 2.45) is 10.8 Å². The topological polar surface area (TPSA) is 29.1 Å². The quantitative estimate of drug-likeness (QED) is 0.698. The van der Waals surface area contributed by atoms with Gasteiger partial charge in [-0.15, -0.1) is 11.6 Å². The third-order valence-electron chi connectivity index (χ3n) is 2.73. The van der Waals surface area contributed by atoms with Crippen LogP contribution in [-0.4, -0.2) is 18.3 Å². The van der Waals surface area contributed by atoms with Crippen LogP contribution in [0.4, 0.5) is 0 Å². The van der Waals surface area contributed by atoms with Gasteiger partial charge in [0.2, 0.25) is 5.91 Å². The molecule has 76 valence electrons. The van der Waals surface area contributed by atoms with Crippen LogP contribution in [0.3, 0.4) is 0 Å². The molecule has 0 bridgehead atoms. The highest BCUT2D eigenvalue weighted by molar-refractivity contribution is 6.19. The van der Waals surface area contributed by atoms with E-state index in [2.05, 4.69) is 12.2 Å². The Morgan fingerprint density at radius 1 is 1.54 bits per heavy atom. The molecule has 1 rings (SSSR count). The smallest absolute Gasteiger partial charge is 0.226 e. The predicted octanol–water partition coefficient (Wildman–Crippen LogP) is 2.17.